The topological polar surface area (TPSA) is 237 Å². The molecule has 0 aromatic rings. The highest BCUT2D eigenvalue weighted by atomic mass is 31.2. The SMILES string of the molecule is CC/C=C\C/C=C\C/C=C\C/C=C\C/C=C\CCCC(=O)OCC(COP(=O)(O)OCC(O)COP(=O)(O)OCC(COC(=O)CCCCCCCC/C=C\C/C=C\C/C=C\C/C=C\CC)OC(=O)CCCCCCCC/C=C\C/C=C\C/C=C\C/C=C\CC)OC(=O)CCCC/C=C\C/C=C\C/C=C\C/C=C\CC. The smallest absolute Gasteiger partial charge is 0.462 e. The summed E-state index contributed by atoms with van der Waals surface area (Å²) in [5.41, 5.74) is 0. The number of hydrogen-bond acceptors (Lipinski definition) is 15. The molecule has 0 aliphatic heterocycles. The van der Waals surface area contributed by atoms with Gasteiger partial charge >= 0.3 is 39.5 Å². The van der Waals surface area contributed by atoms with Crippen LogP contribution in [0.3, 0.4) is 0 Å². The molecule has 0 rings (SSSR count). The van der Waals surface area contributed by atoms with Crippen LogP contribution in [0.4, 0.5) is 0 Å². The van der Waals surface area contributed by atoms with Gasteiger partial charge in [-0.25, -0.2) is 9.13 Å². The molecular weight excluding hydrogens is 1430 g/mol. The predicted octanol–water partition coefficient (Wildman–Crippen LogP) is 24.7. The van der Waals surface area contributed by atoms with Crippen molar-refractivity contribution < 1.29 is 80.2 Å². The molecule has 0 heterocycles. The lowest BCUT2D eigenvalue weighted by atomic mass is 10.1. The van der Waals surface area contributed by atoms with Crippen LogP contribution >= 0.6 is 15.6 Å². The molecule has 0 aliphatic carbocycles. The van der Waals surface area contributed by atoms with E-state index >= 15 is 0 Å². The van der Waals surface area contributed by atoms with Gasteiger partial charge in [-0.2, -0.15) is 0 Å². The summed E-state index contributed by atoms with van der Waals surface area (Å²) in [6.07, 6.45) is 101. The Hall–Kier alpha value is -6.36. The summed E-state index contributed by atoms with van der Waals surface area (Å²) in [6, 6.07) is 0. The van der Waals surface area contributed by atoms with Gasteiger partial charge in [-0.1, -0.05) is 286 Å². The molecule has 0 bridgehead atoms. The first-order chi connectivity index (χ1) is 53.7. The Morgan fingerprint density at radius 2 is 0.455 bits per heavy atom. The average Bonchev–Trinajstić information content (AvgIpc) is 0.911. The Balaban J connectivity index is 5.51. The van der Waals surface area contributed by atoms with Gasteiger partial charge in [0.1, 0.15) is 19.3 Å². The van der Waals surface area contributed by atoms with Gasteiger partial charge in [0.25, 0.3) is 0 Å². The Morgan fingerprint density at radius 1 is 0.255 bits per heavy atom. The monoisotopic (exact) mass is 1570 g/mol. The van der Waals surface area contributed by atoms with Gasteiger partial charge in [0.15, 0.2) is 12.2 Å². The van der Waals surface area contributed by atoms with Crippen molar-refractivity contribution in [2.75, 3.05) is 39.6 Å². The highest BCUT2D eigenvalue weighted by molar-refractivity contribution is 7.47. The second-order valence-corrected chi connectivity index (χ2v) is 29.4. The third kappa shape index (κ3) is 79.7. The second-order valence-electron chi connectivity index (χ2n) is 26.5. The molecule has 17 nitrogen and oxygen atoms in total. The van der Waals surface area contributed by atoms with Crippen LogP contribution in [0, 0.1) is 0 Å². The number of rotatable bonds is 75. The maximum absolute atomic E-state index is 13.1. The summed E-state index contributed by atoms with van der Waals surface area (Å²) in [5.74, 6) is -2.34. The number of aliphatic hydroxyl groups excluding tert-OH is 1. The molecule has 0 aromatic heterocycles. The molecule has 110 heavy (non-hydrogen) atoms. The minimum absolute atomic E-state index is 0.0217. The summed E-state index contributed by atoms with van der Waals surface area (Å²) in [4.78, 5) is 73.2. The fraction of sp³-hybridized carbons (Fsp3) is 0.582. The molecule has 0 spiro atoms. The van der Waals surface area contributed by atoms with Gasteiger partial charge in [0, 0.05) is 25.7 Å². The van der Waals surface area contributed by atoms with Crippen LogP contribution in [0.2, 0.25) is 0 Å². The van der Waals surface area contributed by atoms with E-state index < -0.39 is 97.5 Å². The van der Waals surface area contributed by atoms with Crippen molar-refractivity contribution in [2.45, 2.75) is 303 Å². The lowest BCUT2D eigenvalue weighted by Crippen LogP contribution is -2.30. The summed E-state index contributed by atoms with van der Waals surface area (Å²) in [7, 11) is -10.0. The number of esters is 4. The molecule has 3 N–H and O–H groups in total. The van der Waals surface area contributed by atoms with Gasteiger partial charge in [-0.3, -0.25) is 37.3 Å². The highest BCUT2D eigenvalue weighted by Gasteiger charge is 2.30. The number of hydrogen-bond donors (Lipinski definition) is 3. The van der Waals surface area contributed by atoms with Crippen LogP contribution in [0.5, 0.6) is 0 Å². The van der Waals surface area contributed by atoms with Crippen molar-refractivity contribution in [1.29, 1.82) is 0 Å². The Labute approximate surface area is 665 Å². The minimum atomic E-state index is -5.02. The first-order valence-corrected chi connectivity index (χ1v) is 44.3. The standard InChI is InChI=1S/C91H144O17P2/c1-5-9-13-17-21-25-29-33-37-40-42-45-49-52-56-60-64-68-72-76-89(94)102-82-87(108-91(96)78-74-70-66-62-58-54-50-46-43-41-38-34-30-26-22-18-14-10-6-2)84-106-110(99,100)104-80-85(92)79-103-109(97,98)105-83-86(107-90(95)77-73-69-65-61-57-53-47-36-32-28-24-20-16-12-8-4)81-101-88(93)75-71-67-63-59-55-51-48-44-39-35-31-27-23-19-15-11-7-3/h9-16,21-28,33-39,42-43,45-48,51,57,59,61,63,85-87,92H,5-8,17-20,29-32,40-41,44,49-50,52-56,58,60,62,64-84H2,1-4H3,(H,97,98)(H,99,100)/b13-9-,14-10-,15-11-,16-12-,25-21-,26-22-,27-23-,28-24-,37-33-,38-34-,39-35-,45-42-,46-43-,47-36-,51-48-,61-57-,63-59-. The maximum Gasteiger partial charge on any atom is 0.472 e. The first kappa shape index (κ1) is 104. The molecule has 620 valence electrons. The number of aliphatic hydroxyl groups is 1. The number of phosphoric acid groups is 2. The lowest BCUT2D eigenvalue weighted by Gasteiger charge is -2.21. The molecule has 5 atom stereocenters. The van der Waals surface area contributed by atoms with Crippen LogP contribution in [-0.2, 0) is 65.4 Å². The largest absolute Gasteiger partial charge is 0.472 e. The van der Waals surface area contributed by atoms with E-state index in [0.29, 0.717) is 38.5 Å². The number of unbranched alkanes of at least 4 members (excludes halogenated alkanes) is 15. The molecule has 0 fully saturated rings. The van der Waals surface area contributed by atoms with E-state index in [1.807, 2.05) is 12.2 Å². The molecule has 0 saturated heterocycles. The van der Waals surface area contributed by atoms with Crippen LogP contribution < -0.4 is 0 Å². The zero-order chi connectivity index (χ0) is 80.3. The summed E-state index contributed by atoms with van der Waals surface area (Å²) in [6.45, 7) is 4.25. The summed E-state index contributed by atoms with van der Waals surface area (Å²) in [5, 5.41) is 10.7. The number of phosphoric ester groups is 2. The van der Waals surface area contributed by atoms with Gasteiger partial charge < -0.3 is 33.8 Å². The van der Waals surface area contributed by atoms with Crippen molar-refractivity contribution in [3.63, 3.8) is 0 Å². The molecule has 0 amide bonds. The Morgan fingerprint density at radius 3 is 0.736 bits per heavy atom. The highest BCUT2D eigenvalue weighted by Crippen LogP contribution is 2.45. The Kier molecular flexibility index (Phi) is 76.0. The summed E-state index contributed by atoms with van der Waals surface area (Å²) < 4.78 is 68.6. The first-order valence-electron chi connectivity index (χ1n) is 41.3. The molecule has 0 aliphatic rings. The Bertz CT molecular complexity index is 2900. The average molecular weight is 1570 g/mol. The summed E-state index contributed by atoms with van der Waals surface area (Å²) >= 11 is 0. The normalized spacial score (nSPS) is 14.9. The molecule has 19 heteroatoms. The molecule has 0 aromatic carbocycles. The maximum atomic E-state index is 13.1. The third-order valence-electron chi connectivity index (χ3n) is 16.2. The van der Waals surface area contributed by atoms with Gasteiger partial charge in [-0.05, 0) is 180 Å². The van der Waals surface area contributed by atoms with E-state index in [2.05, 4.69) is 222 Å². The van der Waals surface area contributed by atoms with Crippen LogP contribution in [0.15, 0.2) is 207 Å². The van der Waals surface area contributed by atoms with Crippen molar-refractivity contribution in [3.05, 3.63) is 207 Å². The van der Waals surface area contributed by atoms with Gasteiger partial charge in [0.2, 0.25) is 0 Å². The fourth-order valence-corrected chi connectivity index (χ4v) is 11.7. The number of carbonyl (C=O) groups excluding carboxylic acids is 4. The van der Waals surface area contributed by atoms with Crippen molar-refractivity contribution >= 4 is 39.5 Å². The fourth-order valence-electron chi connectivity index (χ4n) is 10.1. The third-order valence-corrected chi connectivity index (χ3v) is 18.1. The molecule has 0 radical (unpaired) electrons. The van der Waals surface area contributed by atoms with E-state index in [9.17, 15) is 43.2 Å². The number of allylic oxidation sites excluding steroid dienone is 34. The number of ether oxygens (including phenoxy) is 4. The molecule has 5 unspecified atom stereocenters. The van der Waals surface area contributed by atoms with Crippen LogP contribution in [0.1, 0.15) is 285 Å². The zero-order valence-corrected chi connectivity index (χ0v) is 69.6. The van der Waals surface area contributed by atoms with E-state index in [-0.39, 0.29) is 25.7 Å². The molecular formula is C91H144O17P2. The minimum Gasteiger partial charge on any atom is -0.462 e. The van der Waals surface area contributed by atoms with E-state index in [0.717, 1.165) is 193 Å². The van der Waals surface area contributed by atoms with Crippen molar-refractivity contribution in [1.82, 2.24) is 0 Å². The van der Waals surface area contributed by atoms with E-state index in [1.165, 1.54) is 0 Å². The predicted molar refractivity (Wildman–Crippen MR) is 454 cm³/mol. The van der Waals surface area contributed by atoms with Gasteiger partial charge in [-0.15, -0.1) is 0 Å². The lowest BCUT2D eigenvalue weighted by molar-refractivity contribution is -0.161. The zero-order valence-electron chi connectivity index (χ0n) is 67.8. The second kappa shape index (κ2) is 80.7. The van der Waals surface area contributed by atoms with Crippen LogP contribution in [-0.4, -0.2) is 96.7 Å². The van der Waals surface area contributed by atoms with Gasteiger partial charge in [0.05, 0.1) is 26.4 Å². The van der Waals surface area contributed by atoms with Crippen molar-refractivity contribution in [2.24, 2.45) is 0 Å². The molecule has 0 saturated carbocycles. The van der Waals surface area contributed by atoms with E-state index in [4.69, 9.17) is 37.0 Å². The van der Waals surface area contributed by atoms with Crippen molar-refractivity contribution in [3.8, 4) is 0 Å². The van der Waals surface area contributed by atoms with E-state index in [1.54, 1.807) is 0 Å². The number of carbonyl (C=O) groups is 4. The van der Waals surface area contributed by atoms with Crippen LogP contribution in [0.25, 0.3) is 0 Å². The quantitative estimate of drug-likeness (QED) is 0.0169.